The summed E-state index contributed by atoms with van der Waals surface area (Å²) >= 11 is 0. The van der Waals surface area contributed by atoms with E-state index in [2.05, 4.69) is 15.5 Å². The normalized spacial score (nSPS) is 14.8. The van der Waals surface area contributed by atoms with E-state index in [0.29, 0.717) is 13.0 Å². The molecule has 19 heavy (non-hydrogen) atoms. The van der Waals surface area contributed by atoms with E-state index in [1.54, 1.807) is 19.3 Å². The topological polar surface area (TPSA) is 101 Å². The number of amides is 1. The molecule has 0 aliphatic heterocycles. The summed E-state index contributed by atoms with van der Waals surface area (Å²) < 4.78 is 0. The number of carbonyl (C=O) groups is 1. The maximum atomic E-state index is 12.2. The minimum absolute atomic E-state index is 0.0843. The Morgan fingerprint density at radius 3 is 2.84 bits per heavy atom. The summed E-state index contributed by atoms with van der Waals surface area (Å²) in [6, 6.07) is 1.85. The lowest BCUT2D eigenvalue weighted by Gasteiger charge is -2.25. The average Bonchev–Trinajstić information content (AvgIpc) is 2.44. The zero-order valence-corrected chi connectivity index (χ0v) is 11.5. The summed E-state index contributed by atoms with van der Waals surface area (Å²) in [4.78, 5) is 16.2. The molecule has 1 heterocycles. The lowest BCUT2D eigenvalue weighted by Crippen LogP contribution is -2.47. The fraction of sp³-hybridized carbons (Fsp3) is 0.462. The third kappa shape index (κ3) is 3.21. The van der Waals surface area contributed by atoms with Gasteiger partial charge in [0.1, 0.15) is 5.41 Å². The van der Waals surface area contributed by atoms with E-state index in [0.717, 1.165) is 11.1 Å². The van der Waals surface area contributed by atoms with Gasteiger partial charge in [-0.2, -0.15) is 0 Å². The lowest BCUT2D eigenvalue weighted by molar-refractivity contribution is -0.127. The molecule has 4 N–H and O–H groups in total. The van der Waals surface area contributed by atoms with E-state index in [9.17, 15) is 4.79 Å². The van der Waals surface area contributed by atoms with Gasteiger partial charge in [-0.05, 0) is 37.5 Å². The van der Waals surface area contributed by atoms with Gasteiger partial charge < -0.3 is 16.3 Å². The van der Waals surface area contributed by atoms with Crippen LogP contribution in [0.5, 0.6) is 0 Å². The van der Waals surface area contributed by atoms with Crippen LogP contribution in [0, 0.1) is 12.3 Å². The Morgan fingerprint density at radius 1 is 1.63 bits per heavy atom. The molecule has 0 saturated carbocycles. The van der Waals surface area contributed by atoms with E-state index in [4.69, 9.17) is 10.9 Å². The number of aromatic nitrogens is 1. The number of amidine groups is 1. The molecule has 0 aliphatic carbocycles. The van der Waals surface area contributed by atoms with Gasteiger partial charge in [0.05, 0.1) is 0 Å². The Labute approximate surface area is 112 Å². The van der Waals surface area contributed by atoms with Crippen molar-refractivity contribution in [3.8, 4) is 0 Å². The number of nitrogens with two attached hydrogens (primary N) is 1. The molecule has 1 atom stereocenters. The van der Waals surface area contributed by atoms with Gasteiger partial charge in [-0.1, -0.05) is 12.1 Å². The van der Waals surface area contributed by atoms with E-state index in [-0.39, 0.29) is 11.7 Å². The summed E-state index contributed by atoms with van der Waals surface area (Å²) in [7, 11) is 0. The average molecular weight is 264 g/mol. The van der Waals surface area contributed by atoms with Gasteiger partial charge in [0.25, 0.3) is 0 Å². The van der Waals surface area contributed by atoms with Crippen LogP contribution in [0.25, 0.3) is 0 Å². The molecule has 104 valence electrons. The Bertz CT molecular complexity index is 487. The first kappa shape index (κ1) is 14.9. The number of pyridine rings is 1. The zero-order valence-electron chi connectivity index (χ0n) is 11.5. The molecule has 0 aliphatic rings. The molecule has 0 spiro atoms. The highest BCUT2D eigenvalue weighted by atomic mass is 16.4. The first-order valence-corrected chi connectivity index (χ1v) is 6.11. The smallest absolute Gasteiger partial charge is 0.233 e. The van der Waals surface area contributed by atoms with Crippen LogP contribution in [0.4, 0.5) is 0 Å². The molecule has 1 aromatic rings. The number of hydrogen-bond acceptors (Lipinski definition) is 4. The van der Waals surface area contributed by atoms with Gasteiger partial charge in [0, 0.05) is 18.9 Å². The molecular weight excluding hydrogens is 244 g/mol. The number of oxime groups is 1. The van der Waals surface area contributed by atoms with Crippen molar-refractivity contribution in [2.45, 2.75) is 33.7 Å². The van der Waals surface area contributed by atoms with Crippen molar-refractivity contribution in [3.05, 3.63) is 29.6 Å². The van der Waals surface area contributed by atoms with E-state index >= 15 is 0 Å². The summed E-state index contributed by atoms with van der Waals surface area (Å²) in [6.45, 7) is 5.78. The molecule has 1 aromatic heterocycles. The standard InChI is InChI=1S/C13H20N4O2/c1-4-13(3,11(14)17-19)12(18)16-8-10-5-6-15-7-9(10)2/h5-7,19H,4,8H2,1-3H3,(H2,14,17)(H,16,18). The summed E-state index contributed by atoms with van der Waals surface area (Å²) in [5.41, 5.74) is 6.58. The van der Waals surface area contributed by atoms with Gasteiger partial charge in [0.15, 0.2) is 5.84 Å². The lowest BCUT2D eigenvalue weighted by atomic mass is 9.85. The van der Waals surface area contributed by atoms with E-state index in [1.165, 1.54) is 0 Å². The van der Waals surface area contributed by atoms with Crippen LogP contribution in [0.15, 0.2) is 23.6 Å². The second-order valence-electron chi connectivity index (χ2n) is 4.66. The molecule has 0 radical (unpaired) electrons. The minimum Gasteiger partial charge on any atom is -0.409 e. The van der Waals surface area contributed by atoms with Crippen molar-refractivity contribution in [2.75, 3.05) is 0 Å². The first-order valence-electron chi connectivity index (χ1n) is 6.11. The molecular formula is C13H20N4O2. The number of nitrogens with zero attached hydrogens (tertiary/aromatic N) is 2. The molecule has 0 saturated heterocycles. The third-order valence-corrected chi connectivity index (χ3v) is 3.46. The zero-order chi connectivity index (χ0) is 14.5. The largest absolute Gasteiger partial charge is 0.409 e. The van der Waals surface area contributed by atoms with E-state index < -0.39 is 5.41 Å². The van der Waals surface area contributed by atoms with Crippen LogP contribution < -0.4 is 11.1 Å². The fourth-order valence-electron chi connectivity index (χ4n) is 1.64. The second-order valence-corrected chi connectivity index (χ2v) is 4.66. The highest BCUT2D eigenvalue weighted by molar-refractivity contribution is 6.06. The maximum absolute atomic E-state index is 12.2. The number of nitrogens with one attached hydrogen (secondary N) is 1. The predicted octanol–water partition coefficient (Wildman–Crippen LogP) is 1.17. The van der Waals surface area contributed by atoms with Crippen LogP contribution in [-0.4, -0.2) is 21.9 Å². The molecule has 0 bridgehead atoms. The van der Waals surface area contributed by atoms with Gasteiger partial charge in [0.2, 0.25) is 5.91 Å². The Kier molecular flexibility index (Phi) is 4.86. The van der Waals surface area contributed by atoms with Crippen LogP contribution >= 0.6 is 0 Å². The molecule has 6 heteroatoms. The summed E-state index contributed by atoms with van der Waals surface area (Å²) in [5, 5.41) is 14.5. The molecule has 1 amide bonds. The Morgan fingerprint density at radius 2 is 2.32 bits per heavy atom. The maximum Gasteiger partial charge on any atom is 0.233 e. The van der Waals surface area contributed by atoms with Crippen LogP contribution in [0.3, 0.4) is 0 Å². The Hall–Kier alpha value is -2.11. The number of aryl methyl sites for hydroxylation is 1. The SMILES string of the molecule is CCC(C)(C(=O)NCc1ccncc1C)/C(N)=N/O. The fourth-order valence-corrected chi connectivity index (χ4v) is 1.64. The van der Waals surface area contributed by atoms with Crippen LogP contribution in [0.2, 0.25) is 0 Å². The highest BCUT2D eigenvalue weighted by Crippen LogP contribution is 2.21. The minimum atomic E-state index is -1.00. The molecule has 1 unspecified atom stereocenters. The Balaban J connectivity index is 2.78. The van der Waals surface area contributed by atoms with Gasteiger partial charge in [-0.25, -0.2) is 0 Å². The predicted molar refractivity (Wildman–Crippen MR) is 72.6 cm³/mol. The van der Waals surface area contributed by atoms with E-state index in [1.807, 2.05) is 19.9 Å². The molecule has 6 nitrogen and oxygen atoms in total. The first-order chi connectivity index (χ1) is 8.95. The van der Waals surface area contributed by atoms with Crippen molar-refractivity contribution in [1.82, 2.24) is 10.3 Å². The summed E-state index contributed by atoms with van der Waals surface area (Å²) in [6.07, 6.45) is 3.87. The molecule has 0 fully saturated rings. The molecule has 1 rings (SSSR count). The van der Waals surface area contributed by atoms with Crippen molar-refractivity contribution < 1.29 is 10.0 Å². The monoisotopic (exact) mass is 264 g/mol. The van der Waals surface area contributed by atoms with Crippen molar-refractivity contribution >= 4 is 11.7 Å². The second kappa shape index (κ2) is 6.17. The number of hydrogen-bond donors (Lipinski definition) is 3. The third-order valence-electron chi connectivity index (χ3n) is 3.46. The quantitative estimate of drug-likeness (QED) is 0.321. The van der Waals surface area contributed by atoms with Crippen molar-refractivity contribution in [3.63, 3.8) is 0 Å². The van der Waals surface area contributed by atoms with Crippen molar-refractivity contribution in [2.24, 2.45) is 16.3 Å². The van der Waals surface area contributed by atoms with Gasteiger partial charge >= 0.3 is 0 Å². The molecule has 0 aromatic carbocycles. The van der Waals surface area contributed by atoms with Gasteiger partial charge in [-0.15, -0.1) is 0 Å². The highest BCUT2D eigenvalue weighted by Gasteiger charge is 2.36. The van der Waals surface area contributed by atoms with Gasteiger partial charge in [-0.3, -0.25) is 9.78 Å². The van der Waals surface area contributed by atoms with Crippen LogP contribution in [0.1, 0.15) is 31.4 Å². The van der Waals surface area contributed by atoms with Crippen molar-refractivity contribution in [1.29, 1.82) is 0 Å². The van der Waals surface area contributed by atoms with Crippen LogP contribution in [-0.2, 0) is 11.3 Å². The number of carbonyl (C=O) groups excluding carboxylic acids is 1. The number of rotatable bonds is 5. The summed E-state index contributed by atoms with van der Waals surface area (Å²) in [5.74, 6) is -0.347.